The van der Waals surface area contributed by atoms with Gasteiger partial charge in [-0.15, -0.1) is 0 Å². The molecule has 0 aromatic rings. The summed E-state index contributed by atoms with van der Waals surface area (Å²) in [6, 6.07) is 0. The maximum atomic E-state index is 10.7. The molecule has 0 aromatic heterocycles. The highest BCUT2D eigenvalue weighted by Gasteiger charge is 2.23. The fraction of sp³-hybridized carbons (Fsp3) is 0.727. The van der Waals surface area contributed by atoms with Gasteiger partial charge in [0.15, 0.2) is 0 Å². The number of unbranched alkanes of at least 4 members (excludes halogenated alkanes) is 3. The van der Waals surface area contributed by atoms with Crippen LogP contribution in [0.4, 0.5) is 0 Å². The topological polar surface area (TPSA) is 46.5 Å². The summed E-state index contributed by atoms with van der Waals surface area (Å²) in [5, 5.41) is 9.64. The van der Waals surface area contributed by atoms with Crippen LogP contribution in [0.1, 0.15) is 39.0 Å². The van der Waals surface area contributed by atoms with Crippen molar-refractivity contribution in [1.29, 1.82) is 0 Å². The van der Waals surface area contributed by atoms with Gasteiger partial charge in [-0.3, -0.25) is 0 Å². The van der Waals surface area contributed by atoms with Crippen molar-refractivity contribution in [2.75, 3.05) is 0 Å². The van der Waals surface area contributed by atoms with Gasteiger partial charge in [0.05, 0.1) is 6.10 Å². The van der Waals surface area contributed by atoms with E-state index in [1.165, 1.54) is 18.9 Å². The van der Waals surface area contributed by atoms with Gasteiger partial charge in [-0.05, 0) is 12.5 Å². The minimum atomic E-state index is -0.533. The Kier molecular flexibility index (Phi) is 4.66. The van der Waals surface area contributed by atoms with Gasteiger partial charge >= 0.3 is 5.97 Å². The lowest BCUT2D eigenvalue weighted by Gasteiger charge is -2.15. The van der Waals surface area contributed by atoms with E-state index in [0.717, 1.165) is 12.8 Å². The van der Waals surface area contributed by atoms with Gasteiger partial charge in [0.1, 0.15) is 6.10 Å². The molecule has 0 amide bonds. The lowest BCUT2D eigenvalue weighted by molar-refractivity contribution is -0.142. The van der Waals surface area contributed by atoms with Crippen LogP contribution in [0.2, 0.25) is 0 Å². The first kappa shape index (κ1) is 11.2. The van der Waals surface area contributed by atoms with Crippen LogP contribution in [0.3, 0.4) is 0 Å². The largest absolute Gasteiger partial charge is 0.452 e. The lowest BCUT2D eigenvalue weighted by Crippen LogP contribution is -2.25. The molecule has 14 heavy (non-hydrogen) atoms. The van der Waals surface area contributed by atoms with E-state index >= 15 is 0 Å². The molecule has 0 unspecified atom stereocenters. The predicted molar refractivity (Wildman–Crippen MR) is 53.8 cm³/mol. The van der Waals surface area contributed by atoms with Crippen LogP contribution in [-0.4, -0.2) is 23.3 Å². The van der Waals surface area contributed by atoms with Gasteiger partial charge in [-0.25, -0.2) is 4.79 Å². The van der Waals surface area contributed by atoms with Gasteiger partial charge in [0.2, 0.25) is 0 Å². The first-order valence-corrected chi connectivity index (χ1v) is 5.31. The summed E-state index contributed by atoms with van der Waals surface area (Å²) in [5.41, 5.74) is 0. The fourth-order valence-electron chi connectivity index (χ4n) is 1.54. The number of rotatable bonds is 6. The van der Waals surface area contributed by atoms with Crippen LogP contribution < -0.4 is 0 Å². The van der Waals surface area contributed by atoms with Crippen molar-refractivity contribution in [3.8, 4) is 0 Å². The van der Waals surface area contributed by atoms with Crippen LogP contribution >= 0.6 is 0 Å². The van der Waals surface area contributed by atoms with Gasteiger partial charge in [0.25, 0.3) is 0 Å². The molecule has 0 aromatic carbocycles. The Morgan fingerprint density at radius 3 is 2.86 bits per heavy atom. The molecule has 0 aliphatic carbocycles. The van der Waals surface area contributed by atoms with E-state index in [-0.39, 0.29) is 5.97 Å². The number of hydrogen-bond acceptors (Lipinski definition) is 3. The Morgan fingerprint density at radius 1 is 1.50 bits per heavy atom. The number of esters is 1. The second-order valence-corrected chi connectivity index (χ2v) is 3.68. The Bertz CT molecular complexity index is 211. The van der Waals surface area contributed by atoms with Crippen molar-refractivity contribution in [3.63, 3.8) is 0 Å². The third-order valence-corrected chi connectivity index (χ3v) is 2.41. The maximum Gasteiger partial charge on any atom is 0.331 e. The summed E-state index contributed by atoms with van der Waals surface area (Å²) >= 11 is 0. The normalized spacial score (nSPS) is 22.4. The number of hydrogen-bond donors (Lipinski definition) is 1. The second kappa shape index (κ2) is 5.81. The molecule has 1 rings (SSSR count). The molecule has 2 atom stereocenters. The molecule has 1 aliphatic heterocycles. The molecule has 0 saturated carbocycles. The minimum Gasteiger partial charge on any atom is -0.452 e. The Morgan fingerprint density at radius 2 is 2.29 bits per heavy atom. The number of aliphatic hydroxyl groups excluding tert-OH is 1. The van der Waals surface area contributed by atoms with Crippen molar-refractivity contribution in [3.05, 3.63) is 12.2 Å². The molecule has 0 saturated heterocycles. The van der Waals surface area contributed by atoms with Gasteiger partial charge in [-0.1, -0.05) is 32.6 Å². The Balaban J connectivity index is 2.12. The molecule has 3 nitrogen and oxygen atoms in total. The zero-order valence-electron chi connectivity index (χ0n) is 8.61. The van der Waals surface area contributed by atoms with Gasteiger partial charge in [-0.2, -0.15) is 0 Å². The molecular weight excluding hydrogens is 180 g/mol. The first-order valence-electron chi connectivity index (χ1n) is 5.31. The standard InChI is InChI=1S/C11H18O3/c1-2-3-4-5-6-9(12)10-7-8-11(13)14-10/h7-10,12H,2-6H2,1H3/t9-,10-/m0/s1. The predicted octanol–water partition coefficient (Wildman–Crippen LogP) is 1.80. The molecular formula is C11H18O3. The zero-order valence-corrected chi connectivity index (χ0v) is 8.61. The molecule has 1 heterocycles. The van der Waals surface area contributed by atoms with E-state index in [1.807, 2.05) is 0 Å². The van der Waals surface area contributed by atoms with Crippen molar-refractivity contribution in [2.45, 2.75) is 51.2 Å². The van der Waals surface area contributed by atoms with Crippen molar-refractivity contribution >= 4 is 5.97 Å². The average molecular weight is 198 g/mol. The molecule has 1 N–H and O–H groups in total. The number of ether oxygens (including phenoxy) is 1. The highest BCUT2D eigenvalue weighted by molar-refractivity contribution is 5.84. The summed E-state index contributed by atoms with van der Waals surface area (Å²) in [4.78, 5) is 10.7. The van der Waals surface area contributed by atoms with Crippen LogP contribution in [0.25, 0.3) is 0 Å². The highest BCUT2D eigenvalue weighted by Crippen LogP contribution is 2.15. The monoisotopic (exact) mass is 198 g/mol. The van der Waals surface area contributed by atoms with E-state index in [1.54, 1.807) is 6.08 Å². The van der Waals surface area contributed by atoms with Crippen molar-refractivity contribution < 1.29 is 14.6 Å². The Hall–Kier alpha value is -0.830. The average Bonchev–Trinajstić information content (AvgIpc) is 2.59. The lowest BCUT2D eigenvalue weighted by atomic mass is 10.1. The molecule has 0 spiro atoms. The third-order valence-electron chi connectivity index (χ3n) is 2.41. The summed E-state index contributed by atoms with van der Waals surface area (Å²) in [5.74, 6) is -0.345. The molecule has 0 radical (unpaired) electrons. The van der Waals surface area contributed by atoms with Crippen LogP contribution in [0.15, 0.2) is 12.2 Å². The third kappa shape index (κ3) is 3.50. The zero-order chi connectivity index (χ0) is 10.4. The van der Waals surface area contributed by atoms with E-state index < -0.39 is 12.2 Å². The minimum absolute atomic E-state index is 0.345. The maximum absolute atomic E-state index is 10.7. The smallest absolute Gasteiger partial charge is 0.331 e. The highest BCUT2D eigenvalue weighted by atomic mass is 16.6. The van der Waals surface area contributed by atoms with Crippen LogP contribution in [0, 0.1) is 0 Å². The number of aliphatic hydroxyl groups is 1. The fourth-order valence-corrected chi connectivity index (χ4v) is 1.54. The summed E-state index contributed by atoms with van der Waals surface area (Å²) in [7, 11) is 0. The van der Waals surface area contributed by atoms with Crippen LogP contribution in [0.5, 0.6) is 0 Å². The first-order chi connectivity index (χ1) is 6.74. The van der Waals surface area contributed by atoms with Crippen molar-refractivity contribution in [1.82, 2.24) is 0 Å². The summed E-state index contributed by atoms with van der Waals surface area (Å²) in [6.45, 7) is 2.15. The second-order valence-electron chi connectivity index (χ2n) is 3.68. The number of cyclic esters (lactones) is 1. The number of carbonyl (C=O) groups is 1. The van der Waals surface area contributed by atoms with Crippen LogP contribution in [-0.2, 0) is 9.53 Å². The van der Waals surface area contributed by atoms with Gasteiger partial charge < -0.3 is 9.84 Å². The van der Waals surface area contributed by atoms with Gasteiger partial charge in [0, 0.05) is 6.08 Å². The van der Waals surface area contributed by atoms with E-state index in [0.29, 0.717) is 6.42 Å². The van der Waals surface area contributed by atoms with E-state index in [4.69, 9.17) is 4.74 Å². The summed E-state index contributed by atoms with van der Waals surface area (Å²) in [6.07, 6.45) is 7.30. The molecule has 1 aliphatic rings. The Labute approximate surface area is 84.8 Å². The SMILES string of the molecule is CCCCCC[C@H](O)[C@@H]1C=CC(=O)O1. The molecule has 3 heteroatoms. The molecule has 0 bridgehead atoms. The quantitative estimate of drug-likeness (QED) is 0.523. The molecule has 0 fully saturated rings. The van der Waals surface area contributed by atoms with E-state index in [2.05, 4.69) is 6.92 Å². The molecule has 80 valence electrons. The summed E-state index contributed by atoms with van der Waals surface area (Å²) < 4.78 is 4.88. The number of carbonyl (C=O) groups excluding carboxylic acids is 1. The van der Waals surface area contributed by atoms with Crippen molar-refractivity contribution in [2.24, 2.45) is 0 Å². The van der Waals surface area contributed by atoms with E-state index in [9.17, 15) is 9.90 Å².